The minimum Gasteiger partial charge on any atom is -0.459 e. The van der Waals surface area contributed by atoms with Crippen molar-refractivity contribution < 1.29 is 23.9 Å². The maximum Gasteiger partial charge on any atom is 0.334 e. The van der Waals surface area contributed by atoms with Crippen LogP contribution in [0.3, 0.4) is 0 Å². The van der Waals surface area contributed by atoms with Crippen LogP contribution in [-0.2, 0) is 23.9 Å². The van der Waals surface area contributed by atoms with Crippen LogP contribution in [0.1, 0.15) is 67.7 Å². The molecule has 0 unspecified atom stereocenters. The van der Waals surface area contributed by atoms with Gasteiger partial charge in [0.15, 0.2) is 11.9 Å². The van der Waals surface area contributed by atoms with Crippen molar-refractivity contribution in [3.63, 3.8) is 0 Å². The Morgan fingerprint density at radius 2 is 1.57 bits per heavy atom. The number of allylic oxidation sites excluding steroid dienone is 3. The van der Waals surface area contributed by atoms with Crippen molar-refractivity contribution in [1.82, 2.24) is 0 Å². The number of ether oxygens (including phenoxy) is 2. The van der Waals surface area contributed by atoms with Gasteiger partial charge in [0, 0.05) is 23.0 Å². The summed E-state index contributed by atoms with van der Waals surface area (Å²) in [7, 11) is 0. The fourth-order valence-electron chi connectivity index (χ4n) is 4.85. The van der Waals surface area contributed by atoms with E-state index in [1.807, 2.05) is 13.8 Å². The summed E-state index contributed by atoms with van der Waals surface area (Å²) >= 11 is 0. The molecule has 2 rings (SSSR count). The SMILES string of the molecule is C=C(C)[C@H]1C[C@@]2(C)[C@H](CC[C@@H](OC(=O)/C(C)=C\C)[C@@H]2C)[C@@H](OC(=O)/C(C)=C\C)C1=O. The number of ketones is 1. The fourth-order valence-corrected chi connectivity index (χ4v) is 4.85. The van der Waals surface area contributed by atoms with E-state index in [0.29, 0.717) is 30.4 Å². The molecule has 0 saturated heterocycles. The normalized spacial score (nSPS) is 34.8. The monoisotopic (exact) mass is 416 g/mol. The second-order valence-electron chi connectivity index (χ2n) is 9.20. The Bertz CT molecular complexity index is 789. The molecule has 2 saturated carbocycles. The summed E-state index contributed by atoms with van der Waals surface area (Å²) in [5, 5.41) is 0. The maximum absolute atomic E-state index is 13.3. The highest BCUT2D eigenvalue weighted by Gasteiger charge is 2.58. The Labute approximate surface area is 180 Å². The van der Waals surface area contributed by atoms with Crippen molar-refractivity contribution in [2.45, 2.75) is 79.9 Å². The molecule has 0 aromatic carbocycles. The molecule has 0 aliphatic heterocycles. The highest BCUT2D eigenvalue weighted by Crippen LogP contribution is 2.56. The van der Waals surface area contributed by atoms with E-state index in [0.717, 1.165) is 5.57 Å². The highest BCUT2D eigenvalue weighted by atomic mass is 16.6. The first-order chi connectivity index (χ1) is 14.0. The van der Waals surface area contributed by atoms with E-state index < -0.39 is 12.1 Å². The van der Waals surface area contributed by atoms with Gasteiger partial charge in [-0.05, 0) is 65.2 Å². The molecule has 166 valence electrons. The number of rotatable bonds is 5. The summed E-state index contributed by atoms with van der Waals surface area (Å²) in [4.78, 5) is 38.1. The van der Waals surface area contributed by atoms with Gasteiger partial charge in [0.25, 0.3) is 0 Å². The van der Waals surface area contributed by atoms with Crippen LogP contribution in [0.2, 0.25) is 0 Å². The van der Waals surface area contributed by atoms with Gasteiger partial charge in [0.1, 0.15) is 6.10 Å². The van der Waals surface area contributed by atoms with Crippen LogP contribution >= 0.6 is 0 Å². The van der Waals surface area contributed by atoms with Crippen molar-refractivity contribution >= 4 is 17.7 Å². The van der Waals surface area contributed by atoms with Gasteiger partial charge in [-0.1, -0.05) is 38.2 Å². The van der Waals surface area contributed by atoms with E-state index in [9.17, 15) is 14.4 Å². The van der Waals surface area contributed by atoms with E-state index in [2.05, 4.69) is 20.4 Å². The lowest BCUT2D eigenvalue weighted by atomic mass is 9.51. The van der Waals surface area contributed by atoms with E-state index >= 15 is 0 Å². The van der Waals surface area contributed by atoms with Crippen molar-refractivity contribution in [3.05, 3.63) is 35.5 Å². The summed E-state index contributed by atoms with van der Waals surface area (Å²) in [6.45, 7) is 17.1. The number of carbonyl (C=O) groups excluding carboxylic acids is 3. The van der Waals surface area contributed by atoms with E-state index in [1.54, 1.807) is 32.9 Å². The Morgan fingerprint density at radius 1 is 1.03 bits per heavy atom. The van der Waals surface area contributed by atoms with Crippen molar-refractivity contribution in [3.8, 4) is 0 Å². The third kappa shape index (κ3) is 4.45. The van der Waals surface area contributed by atoms with Gasteiger partial charge < -0.3 is 9.47 Å². The maximum atomic E-state index is 13.3. The molecule has 5 heteroatoms. The second-order valence-corrected chi connectivity index (χ2v) is 9.20. The van der Waals surface area contributed by atoms with Crippen LogP contribution < -0.4 is 0 Å². The standard InChI is InChI=1S/C25H36O5/c1-9-15(5)23(27)29-20-12-11-19-22(30-24(28)16(6)10-2)21(26)18(14(3)4)13-25(19,8)17(20)7/h9-10,17-20,22H,3,11-13H2,1-2,4-8H3/b15-9-,16-10-/t17-,18+,19+,20+,22+,25+/m0/s1. The number of Topliss-reactive ketones (excluding diaryl/α,β-unsaturated/α-hetero) is 1. The van der Waals surface area contributed by atoms with Gasteiger partial charge in [-0.2, -0.15) is 0 Å². The molecule has 5 nitrogen and oxygen atoms in total. The average Bonchev–Trinajstić information content (AvgIpc) is 2.71. The van der Waals surface area contributed by atoms with Crippen LogP contribution in [0.15, 0.2) is 35.5 Å². The molecule has 30 heavy (non-hydrogen) atoms. The Kier molecular flexibility index (Phi) is 7.49. The molecule has 0 aromatic heterocycles. The zero-order chi connectivity index (χ0) is 22.8. The van der Waals surface area contributed by atoms with Gasteiger partial charge >= 0.3 is 11.9 Å². The molecule has 2 aliphatic rings. The molecule has 0 aromatic rings. The van der Waals surface area contributed by atoms with E-state index in [1.165, 1.54) is 0 Å². The number of hydrogen-bond acceptors (Lipinski definition) is 5. The molecular weight excluding hydrogens is 380 g/mol. The number of fused-ring (bicyclic) bond motifs is 1. The quantitative estimate of drug-likeness (QED) is 0.360. The first kappa shape index (κ1) is 24.1. The first-order valence-electron chi connectivity index (χ1n) is 10.8. The summed E-state index contributed by atoms with van der Waals surface area (Å²) in [6.07, 6.45) is 4.33. The molecule has 0 radical (unpaired) electrons. The van der Waals surface area contributed by atoms with Gasteiger partial charge in [-0.15, -0.1) is 0 Å². The van der Waals surface area contributed by atoms with Crippen LogP contribution in [0.25, 0.3) is 0 Å². The fraction of sp³-hybridized carbons (Fsp3) is 0.640. The molecule has 0 N–H and O–H groups in total. The molecule has 0 bridgehead atoms. The zero-order valence-electron chi connectivity index (χ0n) is 19.4. The zero-order valence-corrected chi connectivity index (χ0v) is 19.4. The van der Waals surface area contributed by atoms with Crippen LogP contribution in [0, 0.1) is 23.2 Å². The van der Waals surface area contributed by atoms with Crippen LogP contribution in [0.4, 0.5) is 0 Å². The molecule has 2 aliphatic carbocycles. The molecule has 0 heterocycles. The lowest BCUT2D eigenvalue weighted by molar-refractivity contribution is -0.183. The molecule has 6 atom stereocenters. The smallest absolute Gasteiger partial charge is 0.334 e. The van der Waals surface area contributed by atoms with E-state index in [4.69, 9.17) is 9.47 Å². The molecule has 0 spiro atoms. The van der Waals surface area contributed by atoms with Crippen molar-refractivity contribution in [2.75, 3.05) is 0 Å². The Hall–Kier alpha value is -2.17. The van der Waals surface area contributed by atoms with Crippen LogP contribution in [0.5, 0.6) is 0 Å². The highest BCUT2D eigenvalue weighted by molar-refractivity contribution is 5.94. The van der Waals surface area contributed by atoms with E-state index in [-0.39, 0.29) is 41.0 Å². The van der Waals surface area contributed by atoms with Gasteiger partial charge in [-0.25, -0.2) is 9.59 Å². The number of esters is 2. The minimum atomic E-state index is -0.802. The van der Waals surface area contributed by atoms with Crippen molar-refractivity contribution in [1.29, 1.82) is 0 Å². The summed E-state index contributed by atoms with van der Waals surface area (Å²) in [6, 6.07) is 0. The molecule has 2 fully saturated rings. The minimum absolute atomic E-state index is 0.0174. The topological polar surface area (TPSA) is 69.7 Å². The first-order valence-corrected chi connectivity index (χ1v) is 10.8. The second kappa shape index (κ2) is 9.32. The third-order valence-electron chi connectivity index (χ3n) is 7.44. The Morgan fingerprint density at radius 3 is 2.07 bits per heavy atom. The lowest BCUT2D eigenvalue weighted by Crippen LogP contribution is -2.58. The third-order valence-corrected chi connectivity index (χ3v) is 7.44. The number of carbonyl (C=O) groups is 3. The summed E-state index contributed by atoms with van der Waals surface area (Å²) in [5.41, 5.74) is 1.53. The lowest BCUT2D eigenvalue weighted by Gasteiger charge is -2.55. The number of hydrogen-bond donors (Lipinski definition) is 0. The van der Waals surface area contributed by atoms with Crippen LogP contribution in [-0.4, -0.2) is 29.9 Å². The molecular formula is C25H36O5. The van der Waals surface area contributed by atoms with Gasteiger partial charge in [0.2, 0.25) is 0 Å². The predicted molar refractivity (Wildman–Crippen MR) is 117 cm³/mol. The predicted octanol–water partition coefficient (Wildman–Crippen LogP) is 4.96. The largest absolute Gasteiger partial charge is 0.459 e. The average molecular weight is 417 g/mol. The molecule has 0 amide bonds. The Balaban J connectivity index is 2.37. The van der Waals surface area contributed by atoms with Crippen molar-refractivity contribution in [2.24, 2.45) is 23.2 Å². The van der Waals surface area contributed by atoms with Gasteiger partial charge in [0.05, 0.1) is 0 Å². The summed E-state index contributed by atoms with van der Waals surface area (Å²) < 4.78 is 11.6. The van der Waals surface area contributed by atoms with Gasteiger partial charge in [-0.3, -0.25) is 4.79 Å². The summed E-state index contributed by atoms with van der Waals surface area (Å²) in [5.74, 6) is -1.28.